The highest BCUT2D eigenvalue weighted by atomic mass is 32.1. The zero-order valence-electron chi connectivity index (χ0n) is 11.1. The lowest BCUT2D eigenvalue weighted by atomic mass is 9.91. The summed E-state index contributed by atoms with van der Waals surface area (Å²) < 4.78 is 0. The number of nitrogens with zero attached hydrogens (tertiary/aromatic N) is 1. The van der Waals surface area contributed by atoms with E-state index in [1.54, 1.807) is 11.3 Å². The Morgan fingerprint density at radius 2 is 2.44 bits per heavy atom. The average molecular weight is 268 g/mol. The van der Waals surface area contributed by atoms with Gasteiger partial charge < -0.3 is 10.8 Å². The molecule has 0 spiro atoms. The molecule has 1 fully saturated rings. The molecule has 1 aliphatic rings. The molecule has 2 rings (SSSR count). The summed E-state index contributed by atoms with van der Waals surface area (Å²) in [6, 6.07) is 2.67. The Labute approximate surface area is 114 Å². The minimum atomic E-state index is 0.146. The van der Waals surface area contributed by atoms with Crippen molar-refractivity contribution in [2.45, 2.75) is 38.3 Å². The van der Waals surface area contributed by atoms with Crippen LogP contribution in [0.1, 0.15) is 37.8 Å². The fourth-order valence-corrected chi connectivity index (χ4v) is 3.75. The zero-order valence-corrected chi connectivity index (χ0v) is 11.9. The van der Waals surface area contributed by atoms with Crippen molar-refractivity contribution in [3.8, 4) is 0 Å². The first kappa shape index (κ1) is 14.0. The third-order valence-electron chi connectivity index (χ3n) is 3.86. The van der Waals surface area contributed by atoms with Crippen LogP contribution >= 0.6 is 11.3 Å². The summed E-state index contributed by atoms with van der Waals surface area (Å²) in [5, 5.41) is 13.4. The van der Waals surface area contributed by atoms with Gasteiger partial charge in [-0.1, -0.05) is 0 Å². The van der Waals surface area contributed by atoms with Gasteiger partial charge in [-0.3, -0.25) is 4.90 Å². The van der Waals surface area contributed by atoms with Crippen molar-refractivity contribution in [2.24, 2.45) is 11.7 Å². The molecule has 3 nitrogen and oxygen atoms in total. The number of rotatable bonds is 5. The monoisotopic (exact) mass is 268 g/mol. The lowest BCUT2D eigenvalue weighted by Crippen LogP contribution is -2.44. The van der Waals surface area contributed by atoms with E-state index in [1.807, 2.05) is 0 Å². The molecule has 1 aliphatic heterocycles. The normalized spacial score (nSPS) is 24.9. The highest BCUT2D eigenvalue weighted by Crippen LogP contribution is 2.30. The predicted molar refractivity (Wildman–Crippen MR) is 76.7 cm³/mol. The highest BCUT2D eigenvalue weighted by molar-refractivity contribution is 7.07. The third-order valence-corrected chi connectivity index (χ3v) is 4.57. The molecule has 3 N–H and O–H groups in total. The molecule has 102 valence electrons. The molecule has 0 aliphatic carbocycles. The molecular formula is C14H24N2OS. The van der Waals surface area contributed by atoms with Crippen LogP contribution in [0, 0.1) is 5.92 Å². The second-order valence-electron chi connectivity index (χ2n) is 5.38. The topological polar surface area (TPSA) is 49.5 Å². The van der Waals surface area contributed by atoms with E-state index in [4.69, 9.17) is 10.8 Å². The molecule has 0 radical (unpaired) electrons. The molecule has 0 saturated carbocycles. The van der Waals surface area contributed by atoms with Crippen LogP contribution in [0.3, 0.4) is 0 Å². The molecular weight excluding hydrogens is 244 g/mol. The largest absolute Gasteiger partial charge is 0.396 e. The SMILES string of the molecule is CC(N)C(c1ccsc1)N1CCCC(CCO)C1. The van der Waals surface area contributed by atoms with Crippen LogP contribution in [0.15, 0.2) is 16.8 Å². The van der Waals surface area contributed by atoms with E-state index < -0.39 is 0 Å². The van der Waals surface area contributed by atoms with Gasteiger partial charge in [-0.2, -0.15) is 11.3 Å². The molecule has 0 bridgehead atoms. The van der Waals surface area contributed by atoms with E-state index >= 15 is 0 Å². The summed E-state index contributed by atoms with van der Waals surface area (Å²) in [6.07, 6.45) is 3.39. The van der Waals surface area contributed by atoms with Crippen molar-refractivity contribution < 1.29 is 5.11 Å². The van der Waals surface area contributed by atoms with Crippen LogP contribution in [0.2, 0.25) is 0 Å². The Balaban J connectivity index is 2.06. The zero-order chi connectivity index (χ0) is 13.0. The van der Waals surface area contributed by atoms with Crippen molar-refractivity contribution in [1.82, 2.24) is 4.90 Å². The first-order chi connectivity index (χ1) is 8.72. The first-order valence-electron chi connectivity index (χ1n) is 6.85. The highest BCUT2D eigenvalue weighted by Gasteiger charge is 2.29. The number of thiophene rings is 1. The van der Waals surface area contributed by atoms with Crippen LogP contribution in [0.25, 0.3) is 0 Å². The maximum absolute atomic E-state index is 9.09. The molecule has 1 aromatic heterocycles. The van der Waals surface area contributed by atoms with Crippen molar-refractivity contribution in [3.05, 3.63) is 22.4 Å². The standard InChI is InChI=1S/C14H24N2OS/c1-11(15)14(13-5-8-18-10-13)16-6-2-3-12(9-16)4-7-17/h5,8,10-12,14,17H,2-4,6-7,9,15H2,1H3. The summed E-state index contributed by atoms with van der Waals surface area (Å²) >= 11 is 1.74. The quantitative estimate of drug-likeness (QED) is 0.861. The van der Waals surface area contributed by atoms with Gasteiger partial charge in [-0.25, -0.2) is 0 Å². The van der Waals surface area contributed by atoms with E-state index in [2.05, 4.69) is 28.7 Å². The van der Waals surface area contributed by atoms with E-state index in [1.165, 1.54) is 18.4 Å². The molecule has 0 amide bonds. The lowest BCUT2D eigenvalue weighted by molar-refractivity contribution is 0.0969. The third kappa shape index (κ3) is 3.32. The molecule has 4 heteroatoms. The van der Waals surface area contributed by atoms with Gasteiger partial charge in [0.2, 0.25) is 0 Å². The Hall–Kier alpha value is -0.420. The lowest BCUT2D eigenvalue weighted by Gasteiger charge is -2.39. The molecule has 0 aromatic carbocycles. The fourth-order valence-electron chi connectivity index (χ4n) is 3.06. The minimum absolute atomic E-state index is 0.146. The van der Waals surface area contributed by atoms with Crippen LogP contribution in [0.5, 0.6) is 0 Å². The molecule has 3 unspecified atom stereocenters. The number of aliphatic hydroxyl groups is 1. The number of piperidine rings is 1. The van der Waals surface area contributed by atoms with Crippen LogP contribution < -0.4 is 5.73 Å². The molecule has 2 heterocycles. The maximum Gasteiger partial charge on any atom is 0.0504 e. The van der Waals surface area contributed by atoms with Gasteiger partial charge in [0.05, 0.1) is 6.04 Å². The molecule has 18 heavy (non-hydrogen) atoms. The Morgan fingerprint density at radius 3 is 3.06 bits per heavy atom. The Morgan fingerprint density at radius 1 is 1.61 bits per heavy atom. The van der Waals surface area contributed by atoms with Gasteiger partial charge in [-0.15, -0.1) is 0 Å². The average Bonchev–Trinajstić information content (AvgIpc) is 2.83. The van der Waals surface area contributed by atoms with E-state index in [9.17, 15) is 0 Å². The second kappa shape index (κ2) is 6.66. The van der Waals surface area contributed by atoms with E-state index in [0.717, 1.165) is 19.5 Å². The number of aliphatic hydroxyl groups excluding tert-OH is 1. The molecule has 1 aromatic rings. The smallest absolute Gasteiger partial charge is 0.0504 e. The number of hydrogen-bond donors (Lipinski definition) is 2. The maximum atomic E-state index is 9.09. The summed E-state index contributed by atoms with van der Waals surface area (Å²) in [6.45, 7) is 4.60. The van der Waals surface area contributed by atoms with Gasteiger partial charge >= 0.3 is 0 Å². The van der Waals surface area contributed by atoms with Crippen molar-refractivity contribution in [1.29, 1.82) is 0 Å². The summed E-state index contributed by atoms with van der Waals surface area (Å²) in [5.41, 5.74) is 7.54. The minimum Gasteiger partial charge on any atom is -0.396 e. The van der Waals surface area contributed by atoms with Gasteiger partial charge in [0, 0.05) is 19.2 Å². The first-order valence-corrected chi connectivity index (χ1v) is 7.79. The predicted octanol–water partition coefficient (Wildman–Crippen LogP) is 2.23. The van der Waals surface area contributed by atoms with E-state index in [0.29, 0.717) is 18.6 Å². The van der Waals surface area contributed by atoms with Gasteiger partial charge in [0.1, 0.15) is 0 Å². The number of likely N-dealkylation sites (tertiary alicyclic amines) is 1. The van der Waals surface area contributed by atoms with Gasteiger partial charge in [-0.05, 0) is 61.0 Å². The second-order valence-corrected chi connectivity index (χ2v) is 6.16. The number of nitrogens with two attached hydrogens (primary N) is 1. The van der Waals surface area contributed by atoms with Crippen molar-refractivity contribution >= 4 is 11.3 Å². The Kier molecular flexibility index (Phi) is 5.18. The van der Waals surface area contributed by atoms with Crippen LogP contribution in [-0.4, -0.2) is 35.7 Å². The van der Waals surface area contributed by atoms with Gasteiger partial charge in [0.15, 0.2) is 0 Å². The Bertz CT molecular complexity index is 338. The summed E-state index contributed by atoms with van der Waals surface area (Å²) in [5.74, 6) is 0.628. The molecule has 1 saturated heterocycles. The summed E-state index contributed by atoms with van der Waals surface area (Å²) in [4.78, 5) is 2.51. The van der Waals surface area contributed by atoms with Crippen LogP contribution in [-0.2, 0) is 0 Å². The van der Waals surface area contributed by atoms with Crippen molar-refractivity contribution in [2.75, 3.05) is 19.7 Å². The molecule has 3 atom stereocenters. The van der Waals surface area contributed by atoms with Crippen molar-refractivity contribution in [3.63, 3.8) is 0 Å². The van der Waals surface area contributed by atoms with Gasteiger partial charge in [0.25, 0.3) is 0 Å². The van der Waals surface area contributed by atoms with E-state index in [-0.39, 0.29) is 6.04 Å². The number of hydrogen-bond acceptors (Lipinski definition) is 4. The fraction of sp³-hybridized carbons (Fsp3) is 0.714. The van der Waals surface area contributed by atoms with Crippen LogP contribution in [0.4, 0.5) is 0 Å². The summed E-state index contributed by atoms with van der Waals surface area (Å²) in [7, 11) is 0.